The van der Waals surface area contributed by atoms with Crippen molar-refractivity contribution in [2.45, 2.75) is 32.6 Å². The molecule has 0 bridgehead atoms. The highest BCUT2D eigenvalue weighted by Gasteiger charge is 2.41. The van der Waals surface area contributed by atoms with Gasteiger partial charge in [-0.15, -0.1) is 0 Å². The molecule has 0 aromatic heterocycles. The van der Waals surface area contributed by atoms with E-state index in [-0.39, 0.29) is 17.7 Å². The molecule has 1 amide bonds. The van der Waals surface area contributed by atoms with E-state index >= 15 is 0 Å². The number of rotatable bonds is 4. The fourth-order valence-electron chi connectivity index (χ4n) is 2.69. The molecule has 2 rings (SSSR count). The minimum Gasteiger partial charge on any atom is -0.481 e. The Balaban J connectivity index is 2.12. The lowest BCUT2D eigenvalue weighted by Crippen LogP contribution is -2.41. The highest BCUT2D eigenvalue weighted by atomic mass is 19.1. The van der Waals surface area contributed by atoms with Crippen LogP contribution in [0.3, 0.4) is 0 Å². The number of amides is 1. The summed E-state index contributed by atoms with van der Waals surface area (Å²) in [4.78, 5) is 23.3. The zero-order valence-electron chi connectivity index (χ0n) is 11.7. The molecule has 0 atom stereocenters. The van der Waals surface area contributed by atoms with Crippen molar-refractivity contribution in [1.29, 1.82) is 0 Å². The molecule has 21 heavy (non-hydrogen) atoms. The van der Waals surface area contributed by atoms with Crippen molar-refractivity contribution in [2.24, 2.45) is 5.41 Å². The Kier molecular flexibility index (Phi) is 4.25. The predicted octanol–water partition coefficient (Wildman–Crippen LogP) is 2.65. The van der Waals surface area contributed by atoms with Gasteiger partial charge in [0.15, 0.2) is 0 Å². The van der Waals surface area contributed by atoms with Crippen LogP contribution in [0, 0.1) is 24.0 Å². The zero-order valence-corrected chi connectivity index (χ0v) is 11.7. The van der Waals surface area contributed by atoms with Crippen LogP contribution in [-0.4, -0.2) is 23.5 Å². The van der Waals surface area contributed by atoms with E-state index in [1.165, 1.54) is 6.92 Å². The van der Waals surface area contributed by atoms with Crippen molar-refractivity contribution in [1.82, 2.24) is 5.32 Å². The van der Waals surface area contributed by atoms with Crippen LogP contribution in [0.4, 0.5) is 8.78 Å². The Bertz CT molecular complexity index is 581. The van der Waals surface area contributed by atoms with Crippen molar-refractivity contribution in [3.05, 3.63) is 34.9 Å². The van der Waals surface area contributed by atoms with Crippen molar-refractivity contribution in [3.8, 4) is 0 Å². The highest BCUT2D eigenvalue weighted by Crippen LogP contribution is 2.37. The van der Waals surface area contributed by atoms with Gasteiger partial charge in [0.2, 0.25) is 0 Å². The summed E-state index contributed by atoms with van der Waals surface area (Å²) >= 11 is 0. The van der Waals surface area contributed by atoms with E-state index in [0.717, 1.165) is 18.9 Å². The molecule has 1 aromatic rings. The lowest BCUT2D eigenvalue weighted by atomic mass is 9.86. The van der Waals surface area contributed by atoms with Crippen molar-refractivity contribution in [2.75, 3.05) is 6.54 Å². The normalized spacial score (nSPS) is 16.7. The first-order chi connectivity index (χ1) is 9.85. The molecule has 0 heterocycles. The fourth-order valence-corrected chi connectivity index (χ4v) is 2.69. The molecular weight excluding hydrogens is 280 g/mol. The first-order valence-electron chi connectivity index (χ1n) is 6.83. The molecule has 0 aliphatic heterocycles. The molecule has 4 nitrogen and oxygen atoms in total. The largest absolute Gasteiger partial charge is 0.481 e. The Morgan fingerprint density at radius 3 is 2.43 bits per heavy atom. The van der Waals surface area contributed by atoms with Gasteiger partial charge in [-0.1, -0.05) is 12.8 Å². The van der Waals surface area contributed by atoms with Gasteiger partial charge in [-0.3, -0.25) is 9.59 Å². The average molecular weight is 297 g/mol. The van der Waals surface area contributed by atoms with Crippen LogP contribution in [0.15, 0.2) is 12.1 Å². The second-order valence-electron chi connectivity index (χ2n) is 5.56. The topological polar surface area (TPSA) is 66.4 Å². The van der Waals surface area contributed by atoms with E-state index in [2.05, 4.69) is 5.32 Å². The maximum Gasteiger partial charge on any atom is 0.311 e. The zero-order chi connectivity index (χ0) is 15.6. The van der Waals surface area contributed by atoms with E-state index in [9.17, 15) is 23.5 Å². The molecule has 1 saturated carbocycles. The Morgan fingerprint density at radius 2 is 1.86 bits per heavy atom. The molecular formula is C15H17F2NO3. The first kappa shape index (κ1) is 15.4. The number of carbonyl (C=O) groups excluding carboxylic acids is 1. The average Bonchev–Trinajstić information content (AvgIpc) is 2.90. The van der Waals surface area contributed by atoms with Crippen LogP contribution in [0.5, 0.6) is 0 Å². The molecule has 0 saturated heterocycles. The van der Waals surface area contributed by atoms with Gasteiger partial charge < -0.3 is 10.4 Å². The maximum absolute atomic E-state index is 13.6. The Hall–Kier alpha value is -1.98. The Labute approximate surface area is 121 Å². The predicted molar refractivity (Wildman–Crippen MR) is 72.0 cm³/mol. The van der Waals surface area contributed by atoms with Gasteiger partial charge in [0.25, 0.3) is 5.91 Å². The molecule has 0 unspecified atom stereocenters. The number of benzene rings is 1. The fraction of sp³-hybridized carbons (Fsp3) is 0.467. The third kappa shape index (κ3) is 3.04. The first-order valence-corrected chi connectivity index (χ1v) is 6.83. The summed E-state index contributed by atoms with van der Waals surface area (Å²) in [6.07, 6.45) is 2.58. The van der Waals surface area contributed by atoms with Gasteiger partial charge in [-0.05, 0) is 31.4 Å². The van der Waals surface area contributed by atoms with Crippen LogP contribution < -0.4 is 5.32 Å². The van der Waals surface area contributed by atoms with Gasteiger partial charge in [0.1, 0.15) is 11.6 Å². The number of hydrogen-bond donors (Lipinski definition) is 2. The molecule has 6 heteroatoms. The summed E-state index contributed by atoms with van der Waals surface area (Å²) in [5, 5.41) is 11.8. The van der Waals surface area contributed by atoms with Crippen LogP contribution in [0.1, 0.15) is 41.6 Å². The summed E-state index contributed by atoms with van der Waals surface area (Å²) in [6, 6.07) is 1.79. The number of halogens is 2. The van der Waals surface area contributed by atoms with Crippen molar-refractivity contribution in [3.63, 3.8) is 0 Å². The van der Waals surface area contributed by atoms with Crippen LogP contribution in [-0.2, 0) is 4.79 Å². The lowest BCUT2D eigenvalue weighted by molar-refractivity contribution is -0.148. The number of nitrogens with one attached hydrogen (secondary N) is 1. The van der Waals surface area contributed by atoms with Gasteiger partial charge in [-0.25, -0.2) is 8.78 Å². The van der Waals surface area contributed by atoms with E-state index in [0.29, 0.717) is 18.9 Å². The maximum atomic E-state index is 13.6. The van der Waals surface area contributed by atoms with E-state index < -0.39 is 28.9 Å². The molecule has 0 radical (unpaired) electrons. The van der Waals surface area contributed by atoms with Gasteiger partial charge in [-0.2, -0.15) is 0 Å². The molecule has 1 aliphatic rings. The summed E-state index contributed by atoms with van der Waals surface area (Å²) in [6.45, 7) is 1.39. The second kappa shape index (κ2) is 5.79. The van der Waals surface area contributed by atoms with E-state index in [1.54, 1.807) is 0 Å². The minimum absolute atomic E-state index is 0.0446. The summed E-state index contributed by atoms with van der Waals surface area (Å²) in [7, 11) is 0. The van der Waals surface area contributed by atoms with E-state index in [4.69, 9.17) is 0 Å². The Morgan fingerprint density at radius 1 is 1.24 bits per heavy atom. The minimum atomic E-state index is -0.971. The van der Waals surface area contributed by atoms with Gasteiger partial charge in [0.05, 0.1) is 11.0 Å². The second-order valence-corrected chi connectivity index (χ2v) is 5.56. The molecule has 1 fully saturated rings. The standard InChI is InChI=1S/C15H17F2NO3/c1-9-6-10(12(17)7-11(9)16)13(19)18-8-15(14(20)21)4-2-3-5-15/h6-7H,2-5,8H2,1H3,(H,18,19)(H,20,21). The molecule has 114 valence electrons. The summed E-state index contributed by atoms with van der Waals surface area (Å²) < 4.78 is 26.8. The smallest absolute Gasteiger partial charge is 0.311 e. The summed E-state index contributed by atoms with van der Waals surface area (Å²) in [5.41, 5.74) is -1.08. The molecule has 0 spiro atoms. The van der Waals surface area contributed by atoms with Crippen LogP contribution >= 0.6 is 0 Å². The number of aliphatic carboxylic acids is 1. The molecule has 1 aliphatic carbocycles. The number of carboxylic acid groups (broad SMARTS) is 1. The number of carbonyl (C=O) groups is 2. The summed E-state index contributed by atoms with van der Waals surface area (Å²) in [5.74, 6) is -3.34. The van der Waals surface area contributed by atoms with Crippen LogP contribution in [0.25, 0.3) is 0 Å². The van der Waals surface area contributed by atoms with Crippen molar-refractivity contribution >= 4 is 11.9 Å². The lowest BCUT2D eigenvalue weighted by Gasteiger charge is -2.24. The quantitative estimate of drug-likeness (QED) is 0.898. The van der Waals surface area contributed by atoms with Crippen LogP contribution in [0.2, 0.25) is 0 Å². The van der Waals surface area contributed by atoms with E-state index in [1.807, 2.05) is 0 Å². The van der Waals surface area contributed by atoms with Gasteiger partial charge >= 0.3 is 5.97 Å². The number of hydrogen-bond acceptors (Lipinski definition) is 2. The SMILES string of the molecule is Cc1cc(C(=O)NCC2(C(=O)O)CCCC2)c(F)cc1F. The highest BCUT2D eigenvalue weighted by molar-refractivity contribution is 5.95. The van der Waals surface area contributed by atoms with Gasteiger partial charge in [0, 0.05) is 12.6 Å². The monoisotopic (exact) mass is 297 g/mol. The number of carboxylic acids is 1. The molecule has 1 aromatic carbocycles. The number of aryl methyl sites for hydroxylation is 1. The third-order valence-electron chi connectivity index (χ3n) is 4.09. The third-order valence-corrected chi connectivity index (χ3v) is 4.09. The van der Waals surface area contributed by atoms with Crippen molar-refractivity contribution < 1.29 is 23.5 Å². The molecule has 2 N–H and O–H groups in total.